The summed E-state index contributed by atoms with van der Waals surface area (Å²) in [7, 11) is 0. The third kappa shape index (κ3) is 3.97. The number of carbonyl (C=O) groups is 1. The minimum atomic E-state index is -4.45. The third-order valence-corrected chi connectivity index (χ3v) is 3.99. The maximum Gasteiger partial charge on any atom is 0.437 e. The van der Waals surface area contributed by atoms with Gasteiger partial charge in [-0.25, -0.2) is 4.79 Å². The molecule has 0 aliphatic heterocycles. The Morgan fingerprint density at radius 1 is 1.24 bits per heavy atom. The number of thiophene rings is 1. The molecule has 0 saturated heterocycles. The number of carbonyl (C=O) groups excluding carboxylic acids is 1. The molecule has 0 saturated carbocycles. The summed E-state index contributed by atoms with van der Waals surface area (Å²) in [5.41, 5.74) is -0.646. The van der Waals surface area contributed by atoms with Crippen LogP contribution in [0.25, 0.3) is 10.8 Å². The van der Waals surface area contributed by atoms with Gasteiger partial charge in [-0.2, -0.15) is 17.9 Å². The smallest absolute Gasteiger partial charge is 0.387 e. The van der Waals surface area contributed by atoms with Crippen molar-refractivity contribution in [3.63, 3.8) is 0 Å². The van der Waals surface area contributed by atoms with Gasteiger partial charge in [-0.3, -0.25) is 4.79 Å². The molecule has 130 valence electrons. The van der Waals surface area contributed by atoms with E-state index in [9.17, 15) is 22.8 Å². The van der Waals surface area contributed by atoms with Crippen LogP contribution in [0.1, 0.15) is 5.56 Å². The highest BCUT2D eigenvalue weighted by atomic mass is 32.1. The maximum atomic E-state index is 12.5. The number of halogens is 3. The zero-order valence-electron chi connectivity index (χ0n) is 12.4. The van der Waals surface area contributed by atoms with Crippen LogP contribution in [0.3, 0.4) is 0 Å². The molecule has 10 heteroatoms. The number of alkyl halides is 3. The van der Waals surface area contributed by atoms with Gasteiger partial charge in [-0.1, -0.05) is 6.07 Å². The first-order chi connectivity index (χ1) is 11.8. The zero-order chi connectivity index (χ0) is 18.0. The molecule has 0 radical (unpaired) electrons. The van der Waals surface area contributed by atoms with Crippen molar-refractivity contribution in [2.24, 2.45) is 0 Å². The van der Waals surface area contributed by atoms with Crippen LogP contribution < -0.4 is 11.1 Å². The van der Waals surface area contributed by atoms with Gasteiger partial charge in [0.25, 0.3) is 5.89 Å². The third-order valence-electron chi connectivity index (χ3n) is 3.13. The van der Waals surface area contributed by atoms with E-state index in [2.05, 4.69) is 10.4 Å². The van der Waals surface area contributed by atoms with Gasteiger partial charge in [0.2, 0.25) is 5.91 Å². The first-order valence-corrected chi connectivity index (χ1v) is 7.80. The van der Waals surface area contributed by atoms with Crippen LogP contribution in [0.4, 0.5) is 18.9 Å². The molecule has 2 aromatic heterocycles. The second-order valence-electron chi connectivity index (χ2n) is 4.93. The molecule has 1 N–H and O–H groups in total. The molecule has 1 aromatic carbocycles. The van der Waals surface area contributed by atoms with Crippen molar-refractivity contribution in [2.75, 3.05) is 5.32 Å². The van der Waals surface area contributed by atoms with Crippen LogP contribution in [0.15, 0.2) is 51.0 Å². The fraction of sp³-hybridized carbons (Fsp3) is 0.133. The number of nitrogens with one attached hydrogen (secondary N) is 1. The average Bonchev–Trinajstić information content (AvgIpc) is 3.17. The molecule has 0 aliphatic rings. The predicted octanol–water partition coefficient (Wildman–Crippen LogP) is 3.22. The number of hydrogen-bond acceptors (Lipinski definition) is 5. The molecular weight excluding hydrogens is 359 g/mol. The maximum absolute atomic E-state index is 12.5. The van der Waals surface area contributed by atoms with E-state index in [1.165, 1.54) is 11.3 Å². The van der Waals surface area contributed by atoms with Crippen LogP contribution in [-0.4, -0.2) is 15.7 Å². The zero-order valence-corrected chi connectivity index (χ0v) is 13.2. The summed E-state index contributed by atoms with van der Waals surface area (Å²) in [5.74, 6) is -1.32. The van der Waals surface area contributed by atoms with Crippen LogP contribution in [0.5, 0.6) is 0 Å². The lowest BCUT2D eigenvalue weighted by Gasteiger charge is -2.08. The van der Waals surface area contributed by atoms with E-state index in [0.717, 1.165) is 28.9 Å². The fourth-order valence-electron chi connectivity index (χ4n) is 1.99. The summed E-state index contributed by atoms with van der Waals surface area (Å²) in [6, 6.07) is 7.44. The molecule has 0 unspecified atom stereocenters. The van der Waals surface area contributed by atoms with E-state index < -0.39 is 29.9 Å². The van der Waals surface area contributed by atoms with Gasteiger partial charge in [0.1, 0.15) is 6.54 Å². The van der Waals surface area contributed by atoms with Crippen molar-refractivity contribution >= 4 is 22.9 Å². The molecule has 3 aromatic rings. The SMILES string of the molecule is O=C(Cn1nc(-c2cccs2)oc1=O)Nc1ccc(C(F)(F)F)cc1. The van der Waals surface area contributed by atoms with E-state index in [1.807, 2.05) is 0 Å². The van der Waals surface area contributed by atoms with Crippen LogP contribution in [0, 0.1) is 0 Å². The molecule has 0 aliphatic carbocycles. The summed E-state index contributed by atoms with van der Waals surface area (Å²) < 4.78 is 43.3. The first-order valence-electron chi connectivity index (χ1n) is 6.92. The van der Waals surface area contributed by atoms with Gasteiger partial charge in [-0.15, -0.1) is 16.4 Å². The Morgan fingerprint density at radius 2 is 1.96 bits per heavy atom. The van der Waals surface area contributed by atoms with Crippen molar-refractivity contribution in [2.45, 2.75) is 12.7 Å². The Balaban J connectivity index is 1.68. The van der Waals surface area contributed by atoms with Gasteiger partial charge in [0.15, 0.2) is 0 Å². The number of rotatable bonds is 4. The molecule has 0 bridgehead atoms. The Labute approximate surface area is 142 Å². The Bertz CT molecular complexity index is 928. The monoisotopic (exact) mass is 369 g/mol. The van der Waals surface area contributed by atoms with E-state index in [0.29, 0.717) is 4.88 Å². The van der Waals surface area contributed by atoms with Crippen molar-refractivity contribution < 1.29 is 22.4 Å². The lowest BCUT2D eigenvalue weighted by Crippen LogP contribution is -2.25. The van der Waals surface area contributed by atoms with Crippen LogP contribution in [0.2, 0.25) is 0 Å². The number of benzene rings is 1. The summed E-state index contributed by atoms with van der Waals surface area (Å²) in [6.45, 7) is -0.422. The van der Waals surface area contributed by atoms with E-state index in [4.69, 9.17) is 4.42 Å². The predicted molar refractivity (Wildman–Crippen MR) is 84.1 cm³/mol. The average molecular weight is 369 g/mol. The number of aromatic nitrogens is 2. The molecule has 1 amide bonds. The van der Waals surface area contributed by atoms with Gasteiger partial charge >= 0.3 is 11.9 Å². The molecule has 0 fully saturated rings. The number of nitrogens with zero attached hydrogens (tertiary/aromatic N) is 2. The van der Waals surface area contributed by atoms with E-state index in [1.54, 1.807) is 17.5 Å². The van der Waals surface area contributed by atoms with E-state index >= 15 is 0 Å². The molecule has 25 heavy (non-hydrogen) atoms. The Morgan fingerprint density at radius 3 is 2.56 bits per heavy atom. The number of amides is 1. The normalized spacial score (nSPS) is 11.5. The quantitative estimate of drug-likeness (QED) is 0.766. The van der Waals surface area contributed by atoms with Gasteiger partial charge in [0.05, 0.1) is 10.4 Å². The van der Waals surface area contributed by atoms with Gasteiger partial charge in [0, 0.05) is 5.69 Å². The number of hydrogen-bond donors (Lipinski definition) is 1. The van der Waals surface area contributed by atoms with E-state index in [-0.39, 0.29) is 11.6 Å². The minimum absolute atomic E-state index is 0.0994. The largest absolute Gasteiger partial charge is 0.437 e. The molecular formula is C15H10F3N3O3S. The molecule has 2 heterocycles. The summed E-state index contributed by atoms with van der Waals surface area (Å²) in [4.78, 5) is 24.3. The summed E-state index contributed by atoms with van der Waals surface area (Å²) in [6.07, 6.45) is -4.45. The molecule has 6 nitrogen and oxygen atoms in total. The first kappa shape index (κ1) is 17.0. The lowest BCUT2D eigenvalue weighted by molar-refractivity contribution is -0.137. The lowest BCUT2D eigenvalue weighted by atomic mass is 10.2. The Kier molecular flexibility index (Phi) is 4.45. The Hall–Kier alpha value is -2.88. The highest BCUT2D eigenvalue weighted by Crippen LogP contribution is 2.29. The highest BCUT2D eigenvalue weighted by molar-refractivity contribution is 7.13. The second-order valence-corrected chi connectivity index (χ2v) is 5.88. The topological polar surface area (TPSA) is 77.1 Å². The van der Waals surface area contributed by atoms with Crippen molar-refractivity contribution in [1.82, 2.24) is 9.78 Å². The summed E-state index contributed by atoms with van der Waals surface area (Å²) in [5, 5.41) is 8.10. The van der Waals surface area contributed by atoms with Crippen molar-refractivity contribution in [3.8, 4) is 10.8 Å². The van der Waals surface area contributed by atoms with Crippen molar-refractivity contribution in [3.05, 3.63) is 57.9 Å². The van der Waals surface area contributed by atoms with Crippen molar-refractivity contribution in [1.29, 1.82) is 0 Å². The van der Waals surface area contributed by atoms with Crippen LogP contribution >= 0.6 is 11.3 Å². The fourth-order valence-corrected chi connectivity index (χ4v) is 2.63. The summed E-state index contributed by atoms with van der Waals surface area (Å²) >= 11 is 1.32. The van der Waals surface area contributed by atoms with Gasteiger partial charge in [-0.05, 0) is 35.7 Å². The minimum Gasteiger partial charge on any atom is -0.387 e. The second kappa shape index (κ2) is 6.55. The van der Waals surface area contributed by atoms with Crippen LogP contribution in [-0.2, 0) is 17.5 Å². The molecule has 0 spiro atoms. The highest BCUT2D eigenvalue weighted by Gasteiger charge is 2.30. The molecule has 3 rings (SSSR count). The molecule has 0 atom stereocenters. The standard InChI is InChI=1S/C15H10F3N3O3S/c16-15(17,18)9-3-5-10(6-4-9)19-12(22)8-21-14(23)24-13(20-21)11-2-1-7-25-11/h1-7H,8H2,(H,19,22). The van der Waals surface area contributed by atoms with Gasteiger partial charge < -0.3 is 9.73 Å². The number of anilines is 1.